The summed E-state index contributed by atoms with van der Waals surface area (Å²) in [6.07, 6.45) is 6.95. The van der Waals surface area contributed by atoms with Gasteiger partial charge in [-0.1, -0.05) is 47.4 Å². The minimum atomic E-state index is -1.29. The standard InChI is InChI=1S/C28H30BClN4O7/c30-20-3-1-2-18(14-20)16-4-6-17(7-5-16)22-15-19-8-11-24(35)29(19)34(33-22)23(10-13-26(38)39)28(41)32-21(27(31)40)9-12-25(36)37/h2,4-7,14-15,21,23H,1,3,8-13H2,(H2,31,40)(H,32,41)(H,36,37)(H,38,39)/t21-,23?/m0/s1. The Balaban J connectivity index is 1.66. The van der Waals surface area contributed by atoms with Crippen molar-refractivity contribution in [1.29, 1.82) is 0 Å². The lowest BCUT2D eigenvalue weighted by Crippen LogP contribution is -2.57. The third-order valence-electron chi connectivity index (χ3n) is 7.26. The third-order valence-corrected chi connectivity index (χ3v) is 7.56. The minimum Gasteiger partial charge on any atom is -0.481 e. The Hall–Kier alpha value is -4.19. The maximum absolute atomic E-state index is 13.5. The van der Waals surface area contributed by atoms with Crippen LogP contribution in [0.4, 0.5) is 0 Å². The molecule has 0 saturated carbocycles. The van der Waals surface area contributed by atoms with E-state index in [1.54, 1.807) is 0 Å². The van der Waals surface area contributed by atoms with E-state index in [1.807, 2.05) is 36.4 Å². The molecule has 11 nitrogen and oxygen atoms in total. The van der Waals surface area contributed by atoms with Gasteiger partial charge in [0.05, 0.1) is 5.71 Å². The van der Waals surface area contributed by atoms with Crippen LogP contribution >= 0.6 is 11.6 Å². The van der Waals surface area contributed by atoms with E-state index in [9.17, 15) is 29.1 Å². The smallest absolute Gasteiger partial charge is 0.380 e. The molecule has 41 heavy (non-hydrogen) atoms. The normalized spacial score (nSPS) is 17.9. The highest BCUT2D eigenvalue weighted by atomic mass is 35.5. The molecule has 1 fully saturated rings. The second-order valence-electron chi connectivity index (χ2n) is 10.2. The number of allylic oxidation sites excluding steroid dienone is 6. The van der Waals surface area contributed by atoms with E-state index in [0.717, 1.165) is 40.0 Å². The number of halogens is 1. The summed E-state index contributed by atoms with van der Waals surface area (Å²) in [5.41, 5.74) is 9.18. The van der Waals surface area contributed by atoms with Gasteiger partial charge in [-0.2, -0.15) is 5.10 Å². The van der Waals surface area contributed by atoms with Gasteiger partial charge in [0.1, 0.15) is 17.8 Å². The number of rotatable bonds is 12. The topological polar surface area (TPSA) is 179 Å². The molecule has 0 aromatic heterocycles. The first kappa shape index (κ1) is 29.8. The molecule has 2 heterocycles. The van der Waals surface area contributed by atoms with E-state index in [0.29, 0.717) is 12.1 Å². The number of nitrogens with zero attached hydrogens (tertiary/aromatic N) is 2. The molecule has 1 aromatic carbocycles. The zero-order chi connectivity index (χ0) is 29.7. The zero-order valence-corrected chi connectivity index (χ0v) is 23.0. The van der Waals surface area contributed by atoms with Crippen LogP contribution in [-0.4, -0.2) is 69.2 Å². The summed E-state index contributed by atoms with van der Waals surface area (Å²) >= 11 is 6.21. The van der Waals surface area contributed by atoms with E-state index in [2.05, 4.69) is 16.5 Å². The van der Waals surface area contributed by atoms with Crippen molar-refractivity contribution in [3.8, 4) is 0 Å². The van der Waals surface area contributed by atoms with Gasteiger partial charge in [0.15, 0.2) is 0 Å². The van der Waals surface area contributed by atoms with Gasteiger partial charge in [-0.15, -0.1) is 0 Å². The summed E-state index contributed by atoms with van der Waals surface area (Å²) in [6.45, 7) is -0.853. The van der Waals surface area contributed by atoms with Crippen molar-refractivity contribution < 1.29 is 34.2 Å². The first-order valence-corrected chi connectivity index (χ1v) is 13.7. The van der Waals surface area contributed by atoms with Gasteiger partial charge >= 0.3 is 18.8 Å². The summed E-state index contributed by atoms with van der Waals surface area (Å²) in [6, 6.07) is 5.08. The Bertz CT molecular complexity index is 1390. The maximum atomic E-state index is 13.5. The monoisotopic (exact) mass is 580 g/mol. The second-order valence-corrected chi connectivity index (χ2v) is 10.6. The Morgan fingerprint density at radius 1 is 1.00 bits per heavy atom. The molecule has 0 spiro atoms. The predicted molar refractivity (Wildman–Crippen MR) is 153 cm³/mol. The number of nitrogens with two attached hydrogens (primary N) is 1. The quantitative estimate of drug-likeness (QED) is 0.272. The van der Waals surface area contributed by atoms with Gasteiger partial charge in [0, 0.05) is 29.9 Å². The summed E-state index contributed by atoms with van der Waals surface area (Å²) in [5, 5.41) is 26.3. The van der Waals surface area contributed by atoms with Crippen LogP contribution in [-0.2, 0) is 24.0 Å². The number of carboxylic acids is 2. The molecule has 1 aliphatic carbocycles. The lowest BCUT2D eigenvalue weighted by atomic mass is 9.53. The van der Waals surface area contributed by atoms with Crippen molar-refractivity contribution in [2.75, 3.05) is 0 Å². The SMILES string of the molecule is NC(=O)[C@H](CCC(=O)O)NC(=O)C(CCC(=O)O)N1N=C(c2ccc(C3=CCCC(Cl)=C3)cc2)C=C2CCC(=O)B21. The van der Waals surface area contributed by atoms with Crippen LogP contribution in [0.25, 0.3) is 5.57 Å². The lowest BCUT2D eigenvalue weighted by molar-refractivity contribution is -0.139. The van der Waals surface area contributed by atoms with E-state index in [1.165, 1.54) is 4.92 Å². The molecule has 0 radical (unpaired) electrons. The number of nitrogens with one attached hydrogen (secondary N) is 1. The summed E-state index contributed by atoms with van der Waals surface area (Å²) < 4.78 is 0. The molecule has 1 saturated heterocycles. The molecule has 214 valence electrons. The highest BCUT2D eigenvalue weighted by molar-refractivity contribution is 6.95. The molecule has 0 bridgehead atoms. The third kappa shape index (κ3) is 7.32. The molecule has 3 aliphatic rings. The van der Waals surface area contributed by atoms with Crippen LogP contribution in [0.5, 0.6) is 0 Å². The number of fused-ring (bicyclic) bond motifs is 1. The number of benzene rings is 1. The highest BCUT2D eigenvalue weighted by Crippen LogP contribution is 2.32. The first-order chi connectivity index (χ1) is 19.5. The first-order valence-electron chi connectivity index (χ1n) is 13.3. The number of primary amides is 1. The number of aliphatic carboxylic acids is 2. The van der Waals surface area contributed by atoms with Crippen LogP contribution in [0, 0.1) is 0 Å². The molecule has 1 aromatic rings. The largest absolute Gasteiger partial charge is 0.481 e. The van der Waals surface area contributed by atoms with Crippen molar-refractivity contribution in [1.82, 2.24) is 10.2 Å². The fraction of sp³-hybridized carbons (Fsp3) is 0.357. The van der Waals surface area contributed by atoms with Gasteiger partial charge < -0.3 is 31.0 Å². The van der Waals surface area contributed by atoms with E-state index in [-0.39, 0.29) is 24.9 Å². The van der Waals surface area contributed by atoms with Gasteiger partial charge in [-0.3, -0.25) is 19.2 Å². The number of carbonyl (C=O) groups is 5. The molecule has 5 N–H and O–H groups in total. The number of hydrogen-bond donors (Lipinski definition) is 4. The molecule has 2 aliphatic heterocycles. The van der Waals surface area contributed by atoms with Gasteiger partial charge in [0.25, 0.3) is 0 Å². The fourth-order valence-electron chi connectivity index (χ4n) is 5.16. The molecule has 1 unspecified atom stereocenters. The van der Waals surface area contributed by atoms with Gasteiger partial charge in [-0.05, 0) is 55.4 Å². The molecule has 2 atom stereocenters. The lowest BCUT2D eigenvalue weighted by Gasteiger charge is -2.35. The number of hydrogen-bond acceptors (Lipinski definition) is 7. The summed E-state index contributed by atoms with van der Waals surface area (Å²) in [5.74, 6) is -4.03. The maximum Gasteiger partial charge on any atom is 0.380 e. The number of carbonyl (C=O) groups excluding carboxylic acids is 3. The van der Waals surface area contributed by atoms with Gasteiger partial charge in [0.2, 0.25) is 11.8 Å². The minimum absolute atomic E-state index is 0.159. The summed E-state index contributed by atoms with van der Waals surface area (Å²) in [7, 11) is 0. The van der Waals surface area contributed by atoms with Crippen LogP contribution in [0.1, 0.15) is 62.5 Å². The number of hydrazone groups is 1. The van der Waals surface area contributed by atoms with Crippen LogP contribution < -0.4 is 11.1 Å². The fourth-order valence-corrected chi connectivity index (χ4v) is 5.39. The van der Waals surface area contributed by atoms with Crippen LogP contribution in [0.2, 0.25) is 0 Å². The van der Waals surface area contributed by atoms with Gasteiger partial charge in [-0.25, -0.2) is 0 Å². The number of amides is 2. The molecular formula is C28H30BClN4O7. The average molecular weight is 581 g/mol. The Morgan fingerprint density at radius 2 is 1.66 bits per heavy atom. The second kappa shape index (κ2) is 13.0. The van der Waals surface area contributed by atoms with E-state index < -0.39 is 55.5 Å². The van der Waals surface area contributed by atoms with Crippen LogP contribution in [0.15, 0.2) is 58.1 Å². The molecule has 4 rings (SSSR count). The predicted octanol–water partition coefficient (Wildman–Crippen LogP) is 2.43. The zero-order valence-electron chi connectivity index (χ0n) is 22.2. The Morgan fingerprint density at radius 3 is 2.29 bits per heavy atom. The average Bonchev–Trinajstić information content (AvgIpc) is 3.31. The van der Waals surface area contributed by atoms with Crippen LogP contribution in [0.3, 0.4) is 0 Å². The van der Waals surface area contributed by atoms with Crippen molar-refractivity contribution in [3.05, 3.63) is 64.1 Å². The number of carboxylic acid groups (broad SMARTS) is 2. The Labute approximate surface area is 241 Å². The van der Waals surface area contributed by atoms with E-state index >= 15 is 0 Å². The molecule has 13 heteroatoms. The van der Waals surface area contributed by atoms with E-state index in [4.69, 9.17) is 22.4 Å². The highest BCUT2D eigenvalue weighted by Gasteiger charge is 2.46. The van der Waals surface area contributed by atoms with Crippen molar-refractivity contribution in [3.63, 3.8) is 0 Å². The summed E-state index contributed by atoms with van der Waals surface area (Å²) in [4.78, 5) is 62.1. The Kier molecular flexibility index (Phi) is 9.44. The van der Waals surface area contributed by atoms with Crippen molar-refractivity contribution in [2.24, 2.45) is 10.8 Å². The van der Waals surface area contributed by atoms with Crippen molar-refractivity contribution >= 4 is 59.2 Å². The molecule has 2 amide bonds. The van der Waals surface area contributed by atoms with Crippen molar-refractivity contribution in [2.45, 2.75) is 63.5 Å². The molecular weight excluding hydrogens is 551 g/mol.